The fourth-order valence-corrected chi connectivity index (χ4v) is 4.23. The van der Waals surface area contributed by atoms with Crippen molar-refractivity contribution in [3.05, 3.63) is 36.1 Å². The van der Waals surface area contributed by atoms with Crippen LogP contribution in [0.2, 0.25) is 0 Å². The number of nitrogens with one attached hydrogen (secondary N) is 1. The van der Waals surface area contributed by atoms with Crippen LogP contribution in [0, 0.1) is 0 Å². The van der Waals surface area contributed by atoms with Crippen molar-refractivity contribution in [2.24, 2.45) is 0 Å². The first kappa shape index (κ1) is 15.1. The lowest BCUT2D eigenvalue weighted by atomic mass is 10.1. The lowest BCUT2D eigenvalue weighted by Crippen LogP contribution is -2.37. The van der Waals surface area contributed by atoms with E-state index < -0.39 is 15.3 Å². The van der Waals surface area contributed by atoms with E-state index in [9.17, 15) is 13.2 Å². The molecule has 0 spiro atoms. The molecule has 0 saturated carbocycles. The summed E-state index contributed by atoms with van der Waals surface area (Å²) in [7, 11) is -3.36. The van der Waals surface area contributed by atoms with Crippen molar-refractivity contribution >= 4 is 26.9 Å². The number of para-hydroxylation sites is 1. The van der Waals surface area contributed by atoms with Crippen molar-refractivity contribution < 1.29 is 17.6 Å². The number of sulfonamides is 1. The third kappa shape index (κ3) is 2.62. The van der Waals surface area contributed by atoms with Gasteiger partial charge in [-0.2, -0.15) is 0 Å². The van der Waals surface area contributed by atoms with E-state index in [4.69, 9.17) is 4.42 Å². The fraction of sp³-hybridized carbons (Fsp3) is 0.400. The highest BCUT2D eigenvalue weighted by Gasteiger charge is 2.35. The molecule has 2 heterocycles. The number of benzene rings is 1. The molecule has 2 aromatic rings. The van der Waals surface area contributed by atoms with Gasteiger partial charge in [-0.1, -0.05) is 25.1 Å². The van der Waals surface area contributed by atoms with E-state index in [1.165, 1.54) is 6.26 Å². The molecule has 6 nitrogen and oxygen atoms in total. The Bertz CT molecular complexity index is 797. The van der Waals surface area contributed by atoms with Gasteiger partial charge in [0.25, 0.3) is 5.91 Å². The van der Waals surface area contributed by atoms with Crippen LogP contribution in [-0.4, -0.2) is 44.1 Å². The van der Waals surface area contributed by atoms with Gasteiger partial charge in [-0.15, -0.1) is 0 Å². The van der Waals surface area contributed by atoms with E-state index in [0.29, 0.717) is 30.7 Å². The summed E-state index contributed by atoms with van der Waals surface area (Å²) < 4.78 is 32.0. The lowest BCUT2D eigenvalue weighted by Gasteiger charge is -2.16. The maximum Gasteiger partial charge on any atom is 0.257 e. The van der Waals surface area contributed by atoms with Gasteiger partial charge in [0, 0.05) is 25.0 Å². The normalized spacial score (nSPS) is 19.0. The highest BCUT2D eigenvalue weighted by molar-refractivity contribution is 7.90. The Hall–Kier alpha value is -1.86. The number of hydrogen-bond donors (Lipinski definition) is 1. The predicted molar refractivity (Wildman–Crippen MR) is 83.1 cm³/mol. The first-order chi connectivity index (χ1) is 10.5. The topological polar surface area (TPSA) is 79.6 Å². The van der Waals surface area contributed by atoms with Gasteiger partial charge in [-0.3, -0.25) is 4.79 Å². The number of carbonyl (C=O) groups is 1. The molecule has 1 aromatic heterocycles. The van der Waals surface area contributed by atoms with E-state index in [0.717, 1.165) is 5.39 Å². The van der Waals surface area contributed by atoms with Crippen LogP contribution in [0.3, 0.4) is 0 Å². The Kier molecular flexibility index (Phi) is 3.92. The summed E-state index contributed by atoms with van der Waals surface area (Å²) in [6, 6.07) is 7.32. The molecule has 0 bridgehead atoms. The molecular formula is C15H18N2O4S. The molecule has 0 aliphatic carbocycles. The lowest BCUT2D eigenvalue weighted by molar-refractivity contribution is 0.0794. The molecule has 1 aliphatic heterocycles. The van der Waals surface area contributed by atoms with Gasteiger partial charge in [0.05, 0.1) is 10.8 Å². The maximum atomic E-state index is 12.6. The number of amides is 1. The van der Waals surface area contributed by atoms with Gasteiger partial charge in [0.1, 0.15) is 11.8 Å². The predicted octanol–water partition coefficient (Wildman–Crippen LogP) is 1.59. The number of hydrogen-bond acceptors (Lipinski definition) is 4. The molecule has 1 aliphatic rings. The van der Waals surface area contributed by atoms with Crippen molar-refractivity contribution in [1.82, 2.24) is 9.62 Å². The molecule has 1 saturated heterocycles. The van der Waals surface area contributed by atoms with Crippen molar-refractivity contribution in [2.75, 3.05) is 19.6 Å². The molecule has 7 heteroatoms. The third-order valence-electron chi connectivity index (χ3n) is 3.93. The molecule has 0 radical (unpaired) electrons. The SMILES string of the molecule is CCNS(=O)(=O)[C@@H]1CCN(C(=O)c2coc3ccccc23)C1. The van der Waals surface area contributed by atoms with Crippen LogP contribution < -0.4 is 4.72 Å². The third-order valence-corrected chi connectivity index (χ3v) is 5.88. The molecule has 118 valence electrons. The second-order valence-corrected chi connectivity index (χ2v) is 7.40. The molecule has 1 amide bonds. The Morgan fingerprint density at radius 2 is 2.18 bits per heavy atom. The van der Waals surface area contributed by atoms with Gasteiger partial charge in [0.15, 0.2) is 0 Å². The molecule has 1 aromatic carbocycles. The number of likely N-dealkylation sites (tertiary alicyclic amines) is 1. The molecule has 1 N–H and O–H groups in total. The molecule has 1 atom stereocenters. The molecule has 22 heavy (non-hydrogen) atoms. The van der Waals surface area contributed by atoms with Crippen molar-refractivity contribution in [2.45, 2.75) is 18.6 Å². The zero-order chi connectivity index (χ0) is 15.7. The highest BCUT2D eigenvalue weighted by Crippen LogP contribution is 2.25. The molecule has 0 unspecified atom stereocenters. The summed E-state index contributed by atoms with van der Waals surface area (Å²) in [5.41, 5.74) is 1.14. The summed E-state index contributed by atoms with van der Waals surface area (Å²) in [5.74, 6) is -0.181. The second kappa shape index (κ2) is 5.73. The van der Waals surface area contributed by atoms with E-state index in [1.54, 1.807) is 17.9 Å². The average Bonchev–Trinajstić information content (AvgIpc) is 3.14. The minimum Gasteiger partial charge on any atom is -0.463 e. The molecular weight excluding hydrogens is 304 g/mol. The zero-order valence-electron chi connectivity index (χ0n) is 12.3. The van der Waals surface area contributed by atoms with Crippen LogP contribution in [0.25, 0.3) is 11.0 Å². The highest BCUT2D eigenvalue weighted by atomic mass is 32.2. The first-order valence-corrected chi connectivity index (χ1v) is 8.81. The second-order valence-electron chi connectivity index (χ2n) is 5.35. The Morgan fingerprint density at radius 1 is 1.41 bits per heavy atom. The van der Waals surface area contributed by atoms with Crippen LogP contribution in [0.5, 0.6) is 0 Å². The number of rotatable bonds is 4. The molecule has 3 rings (SSSR count). The van der Waals surface area contributed by atoms with Crippen LogP contribution in [0.4, 0.5) is 0 Å². The largest absolute Gasteiger partial charge is 0.463 e. The number of nitrogens with zero attached hydrogens (tertiary/aromatic N) is 1. The smallest absolute Gasteiger partial charge is 0.257 e. The van der Waals surface area contributed by atoms with Crippen LogP contribution in [0.15, 0.2) is 34.9 Å². The fourth-order valence-electron chi connectivity index (χ4n) is 2.80. The van der Waals surface area contributed by atoms with E-state index in [2.05, 4.69) is 4.72 Å². The van der Waals surface area contributed by atoms with Gasteiger partial charge in [-0.05, 0) is 12.5 Å². The van der Waals surface area contributed by atoms with Crippen molar-refractivity contribution in [3.8, 4) is 0 Å². The summed E-state index contributed by atoms with van der Waals surface area (Å²) in [4.78, 5) is 14.2. The van der Waals surface area contributed by atoms with E-state index in [-0.39, 0.29) is 12.5 Å². The summed E-state index contributed by atoms with van der Waals surface area (Å²) in [5, 5.41) is 0.208. The summed E-state index contributed by atoms with van der Waals surface area (Å²) in [6.07, 6.45) is 1.90. The summed E-state index contributed by atoms with van der Waals surface area (Å²) in [6.45, 7) is 2.76. The van der Waals surface area contributed by atoms with Gasteiger partial charge in [0.2, 0.25) is 10.0 Å². The quantitative estimate of drug-likeness (QED) is 0.927. The Labute approximate surface area is 129 Å². The first-order valence-electron chi connectivity index (χ1n) is 7.27. The monoisotopic (exact) mass is 322 g/mol. The summed E-state index contributed by atoms with van der Waals surface area (Å²) >= 11 is 0. The van der Waals surface area contributed by atoms with Crippen LogP contribution in [-0.2, 0) is 10.0 Å². The van der Waals surface area contributed by atoms with Crippen LogP contribution >= 0.6 is 0 Å². The zero-order valence-corrected chi connectivity index (χ0v) is 13.1. The van der Waals surface area contributed by atoms with Gasteiger partial charge in [-0.25, -0.2) is 13.1 Å². The van der Waals surface area contributed by atoms with E-state index in [1.807, 2.05) is 18.2 Å². The van der Waals surface area contributed by atoms with E-state index >= 15 is 0 Å². The standard InChI is InChI=1S/C15H18N2O4S/c1-2-16-22(19,20)11-7-8-17(9-11)15(18)13-10-21-14-6-4-3-5-12(13)14/h3-6,10-11,16H,2,7-9H2,1H3/t11-/m1/s1. The Morgan fingerprint density at radius 3 is 2.95 bits per heavy atom. The average molecular weight is 322 g/mol. The minimum atomic E-state index is -3.36. The van der Waals surface area contributed by atoms with Crippen LogP contribution in [0.1, 0.15) is 23.7 Å². The number of carbonyl (C=O) groups excluding carboxylic acids is 1. The maximum absolute atomic E-state index is 12.6. The number of furan rings is 1. The molecule has 1 fully saturated rings. The number of fused-ring (bicyclic) bond motifs is 1. The van der Waals surface area contributed by atoms with Crippen molar-refractivity contribution in [3.63, 3.8) is 0 Å². The van der Waals surface area contributed by atoms with Gasteiger partial charge < -0.3 is 9.32 Å². The van der Waals surface area contributed by atoms with Gasteiger partial charge >= 0.3 is 0 Å². The van der Waals surface area contributed by atoms with Crippen molar-refractivity contribution in [1.29, 1.82) is 0 Å². The Balaban J connectivity index is 1.80. The minimum absolute atomic E-state index is 0.181.